The number of rotatable bonds is 1. The van der Waals surface area contributed by atoms with E-state index in [2.05, 4.69) is 77.6 Å². The molecule has 2 rings (SSSR count). The van der Waals surface area contributed by atoms with Crippen LogP contribution in [0, 0.1) is 24.2 Å². The Balaban J connectivity index is 2.22. The van der Waals surface area contributed by atoms with E-state index in [4.69, 9.17) is 0 Å². The van der Waals surface area contributed by atoms with E-state index >= 15 is 0 Å². The van der Waals surface area contributed by atoms with Gasteiger partial charge in [-0.1, -0.05) is 47.6 Å². The van der Waals surface area contributed by atoms with Crippen LogP contribution in [-0.2, 0) is 0 Å². The second-order valence-corrected chi connectivity index (χ2v) is 6.18. The summed E-state index contributed by atoms with van der Waals surface area (Å²) >= 11 is 0. The molecular formula is C20H24. The summed E-state index contributed by atoms with van der Waals surface area (Å²) in [4.78, 5) is 0. The highest BCUT2D eigenvalue weighted by Crippen LogP contribution is 2.48. The van der Waals surface area contributed by atoms with Crippen molar-refractivity contribution in [3.8, 4) is 11.8 Å². The normalized spacial score (nSPS) is 17.3. The van der Waals surface area contributed by atoms with Gasteiger partial charge in [-0.25, -0.2) is 0 Å². The first kappa shape index (κ1) is 14.7. The first-order chi connectivity index (χ1) is 9.36. The molecule has 0 spiro atoms. The van der Waals surface area contributed by atoms with Crippen LogP contribution in [0.25, 0.3) is 0 Å². The summed E-state index contributed by atoms with van der Waals surface area (Å²) in [6, 6.07) is 8.43. The number of benzene rings is 1. The first-order valence-electron chi connectivity index (χ1n) is 7.28. The standard InChI is InChI=1S/C20H24/c1-14-9-11-19(12-10-14)8-7-13-20(6)17(4)15(2)16(3)18(20)5/h9-12H,13H2,1-6H3. The number of hydrogen-bond acceptors (Lipinski definition) is 0. The van der Waals surface area contributed by atoms with E-state index in [0.29, 0.717) is 0 Å². The lowest BCUT2D eigenvalue weighted by molar-refractivity contribution is 0.502. The summed E-state index contributed by atoms with van der Waals surface area (Å²) in [5.74, 6) is 6.69. The lowest BCUT2D eigenvalue weighted by Gasteiger charge is -2.26. The molecule has 0 radical (unpaired) electrons. The van der Waals surface area contributed by atoms with Gasteiger partial charge in [-0.15, -0.1) is 0 Å². The smallest absolute Gasteiger partial charge is 0.0245 e. The van der Waals surface area contributed by atoms with Crippen LogP contribution in [0.5, 0.6) is 0 Å². The van der Waals surface area contributed by atoms with Gasteiger partial charge in [0.15, 0.2) is 0 Å². The van der Waals surface area contributed by atoms with Crippen molar-refractivity contribution in [1.29, 1.82) is 0 Å². The summed E-state index contributed by atoms with van der Waals surface area (Å²) in [7, 11) is 0. The van der Waals surface area contributed by atoms with Crippen molar-refractivity contribution in [2.75, 3.05) is 0 Å². The number of aryl methyl sites for hydroxylation is 1. The minimum atomic E-state index is 0.117. The predicted molar refractivity (Wildman–Crippen MR) is 87.5 cm³/mol. The molecule has 20 heavy (non-hydrogen) atoms. The van der Waals surface area contributed by atoms with Gasteiger partial charge >= 0.3 is 0 Å². The Hall–Kier alpha value is -1.74. The van der Waals surface area contributed by atoms with E-state index in [0.717, 1.165) is 12.0 Å². The molecule has 0 aliphatic heterocycles. The third-order valence-electron chi connectivity index (χ3n) is 5.07. The molecular weight excluding hydrogens is 240 g/mol. The molecule has 1 aliphatic carbocycles. The average Bonchev–Trinajstić information content (AvgIpc) is 2.58. The van der Waals surface area contributed by atoms with E-state index in [-0.39, 0.29) is 5.41 Å². The molecule has 0 bridgehead atoms. The van der Waals surface area contributed by atoms with Crippen LogP contribution in [0.4, 0.5) is 0 Å². The van der Waals surface area contributed by atoms with Crippen LogP contribution in [0.2, 0.25) is 0 Å². The molecule has 1 aliphatic rings. The zero-order valence-electron chi connectivity index (χ0n) is 13.5. The van der Waals surface area contributed by atoms with E-state index in [9.17, 15) is 0 Å². The fourth-order valence-electron chi connectivity index (χ4n) is 2.90. The highest BCUT2D eigenvalue weighted by atomic mass is 14.4. The van der Waals surface area contributed by atoms with Crippen LogP contribution in [-0.4, -0.2) is 0 Å². The number of allylic oxidation sites excluding steroid dienone is 4. The Morgan fingerprint density at radius 1 is 0.850 bits per heavy atom. The second-order valence-electron chi connectivity index (χ2n) is 6.18. The first-order valence-corrected chi connectivity index (χ1v) is 7.28. The molecule has 0 nitrogen and oxygen atoms in total. The lowest BCUT2D eigenvalue weighted by atomic mass is 9.77. The van der Waals surface area contributed by atoms with Crippen molar-refractivity contribution in [1.82, 2.24) is 0 Å². The quantitative estimate of drug-likeness (QED) is 0.593. The van der Waals surface area contributed by atoms with Crippen molar-refractivity contribution in [3.05, 3.63) is 57.7 Å². The molecule has 1 aromatic rings. The minimum Gasteiger partial charge on any atom is -0.0966 e. The summed E-state index contributed by atoms with van der Waals surface area (Å²) in [5.41, 5.74) is 8.35. The van der Waals surface area contributed by atoms with Crippen LogP contribution in [0.15, 0.2) is 46.6 Å². The van der Waals surface area contributed by atoms with Crippen LogP contribution < -0.4 is 0 Å². The fraction of sp³-hybridized carbons (Fsp3) is 0.400. The molecule has 0 saturated carbocycles. The third kappa shape index (κ3) is 2.46. The summed E-state index contributed by atoms with van der Waals surface area (Å²) < 4.78 is 0. The van der Waals surface area contributed by atoms with Gasteiger partial charge in [0.2, 0.25) is 0 Å². The zero-order chi connectivity index (χ0) is 14.9. The van der Waals surface area contributed by atoms with E-state index in [1.807, 2.05) is 0 Å². The fourth-order valence-corrected chi connectivity index (χ4v) is 2.90. The molecule has 104 valence electrons. The van der Waals surface area contributed by atoms with Crippen molar-refractivity contribution >= 4 is 0 Å². The highest BCUT2D eigenvalue weighted by Gasteiger charge is 2.35. The van der Waals surface area contributed by atoms with Gasteiger partial charge in [-0.3, -0.25) is 0 Å². The molecule has 0 aromatic heterocycles. The minimum absolute atomic E-state index is 0.117. The van der Waals surface area contributed by atoms with Gasteiger partial charge in [-0.2, -0.15) is 0 Å². The highest BCUT2D eigenvalue weighted by molar-refractivity contribution is 5.51. The Morgan fingerprint density at radius 2 is 1.35 bits per heavy atom. The van der Waals surface area contributed by atoms with Gasteiger partial charge in [0.1, 0.15) is 0 Å². The van der Waals surface area contributed by atoms with Crippen molar-refractivity contribution in [3.63, 3.8) is 0 Å². The van der Waals surface area contributed by atoms with Crippen molar-refractivity contribution in [2.45, 2.75) is 48.0 Å². The van der Waals surface area contributed by atoms with E-state index < -0.39 is 0 Å². The average molecular weight is 264 g/mol. The molecule has 0 fully saturated rings. The molecule has 1 aromatic carbocycles. The topological polar surface area (TPSA) is 0 Å². The predicted octanol–water partition coefficient (Wildman–Crippen LogP) is 5.43. The molecule has 0 heteroatoms. The van der Waals surface area contributed by atoms with E-state index in [1.54, 1.807) is 0 Å². The summed E-state index contributed by atoms with van der Waals surface area (Å²) in [6.07, 6.45) is 0.896. The van der Waals surface area contributed by atoms with E-state index in [1.165, 1.54) is 27.9 Å². The van der Waals surface area contributed by atoms with Gasteiger partial charge in [0, 0.05) is 17.4 Å². The van der Waals surface area contributed by atoms with Crippen LogP contribution >= 0.6 is 0 Å². The van der Waals surface area contributed by atoms with Crippen LogP contribution in [0.3, 0.4) is 0 Å². The lowest BCUT2D eigenvalue weighted by Crippen LogP contribution is -2.16. The Bertz CT molecular complexity index is 616. The van der Waals surface area contributed by atoms with Gasteiger partial charge < -0.3 is 0 Å². The molecule has 0 amide bonds. The van der Waals surface area contributed by atoms with Crippen molar-refractivity contribution in [2.24, 2.45) is 5.41 Å². The second kappa shape index (κ2) is 5.33. The van der Waals surface area contributed by atoms with Gasteiger partial charge in [0.25, 0.3) is 0 Å². The van der Waals surface area contributed by atoms with Gasteiger partial charge in [0.05, 0.1) is 0 Å². The SMILES string of the molecule is CC1=C(C)C(C)(CC#Cc2ccc(C)cc2)C(C)=C1C. The molecule has 0 unspecified atom stereocenters. The summed E-state index contributed by atoms with van der Waals surface area (Å²) in [6.45, 7) is 13.4. The maximum absolute atomic E-state index is 3.39. The molecule has 0 atom stereocenters. The number of hydrogen-bond donors (Lipinski definition) is 0. The van der Waals surface area contributed by atoms with Crippen molar-refractivity contribution < 1.29 is 0 Å². The maximum atomic E-state index is 3.39. The molecule has 0 saturated heterocycles. The third-order valence-corrected chi connectivity index (χ3v) is 5.07. The van der Waals surface area contributed by atoms with Gasteiger partial charge in [-0.05, 0) is 57.9 Å². The zero-order valence-corrected chi connectivity index (χ0v) is 13.5. The summed E-state index contributed by atoms with van der Waals surface area (Å²) in [5, 5.41) is 0. The monoisotopic (exact) mass is 264 g/mol. The molecule has 0 heterocycles. The van der Waals surface area contributed by atoms with Crippen LogP contribution in [0.1, 0.15) is 52.2 Å². The molecule has 0 N–H and O–H groups in total. The maximum Gasteiger partial charge on any atom is 0.0245 e. The largest absolute Gasteiger partial charge is 0.0966 e. The Labute approximate surface area is 123 Å². The Morgan fingerprint density at radius 3 is 1.85 bits per heavy atom. The Kier molecular flexibility index (Phi) is 3.91.